The standard InChI is InChI=1S/C28H27N3O2/c1-16-9-11-19(12-10-16)26(32)29-15-28(4)25-23-20(7-6-8-22(23)31(5)27(28)33)21-14-17(2)13-18(3)24(21)30-25/h6-14H,15H2,1-5H3,(H,29,32). The fourth-order valence-electron chi connectivity index (χ4n) is 4.98. The Labute approximate surface area is 193 Å². The largest absolute Gasteiger partial charge is 0.351 e. The van der Waals surface area contributed by atoms with Gasteiger partial charge in [0.2, 0.25) is 5.91 Å². The number of aromatic nitrogens is 1. The highest BCUT2D eigenvalue weighted by molar-refractivity contribution is 6.20. The molecule has 1 aliphatic heterocycles. The maximum absolute atomic E-state index is 13.7. The molecule has 1 aliphatic rings. The first-order chi connectivity index (χ1) is 15.7. The Morgan fingerprint density at radius 3 is 2.45 bits per heavy atom. The molecule has 0 bridgehead atoms. The SMILES string of the molecule is Cc1ccc(C(=O)NCC2(C)C(=O)N(C)c3cccc4c3c2nc2c(C)cc(C)cc24)cc1. The summed E-state index contributed by atoms with van der Waals surface area (Å²) in [5.74, 6) is -0.280. The average Bonchev–Trinajstić information content (AvgIpc) is 2.80. The van der Waals surface area contributed by atoms with Crippen LogP contribution in [-0.2, 0) is 10.2 Å². The summed E-state index contributed by atoms with van der Waals surface area (Å²) < 4.78 is 0. The predicted octanol–water partition coefficient (Wildman–Crippen LogP) is 4.98. The highest BCUT2D eigenvalue weighted by atomic mass is 16.2. The number of fused-ring (bicyclic) bond motifs is 2. The van der Waals surface area contributed by atoms with Crippen LogP contribution in [0.15, 0.2) is 54.6 Å². The van der Waals surface area contributed by atoms with E-state index in [0.717, 1.165) is 44.2 Å². The van der Waals surface area contributed by atoms with E-state index in [-0.39, 0.29) is 18.4 Å². The number of carbonyl (C=O) groups excluding carboxylic acids is 2. The maximum Gasteiger partial charge on any atom is 0.251 e. The molecule has 3 aromatic carbocycles. The Hall–Kier alpha value is -3.73. The lowest BCUT2D eigenvalue weighted by atomic mass is 9.78. The van der Waals surface area contributed by atoms with Crippen LogP contribution >= 0.6 is 0 Å². The highest BCUT2D eigenvalue weighted by Crippen LogP contribution is 2.44. The number of amides is 2. The number of hydrogen-bond acceptors (Lipinski definition) is 3. The first-order valence-corrected chi connectivity index (χ1v) is 11.2. The number of rotatable bonds is 3. The van der Waals surface area contributed by atoms with E-state index in [4.69, 9.17) is 4.98 Å². The van der Waals surface area contributed by atoms with Gasteiger partial charge in [-0.05, 0) is 62.9 Å². The number of likely N-dealkylation sites (N-methyl/N-ethyl adjacent to an activating group) is 1. The van der Waals surface area contributed by atoms with Crippen LogP contribution in [0.5, 0.6) is 0 Å². The molecule has 1 atom stereocenters. The first kappa shape index (κ1) is 21.1. The molecule has 0 saturated carbocycles. The molecule has 166 valence electrons. The van der Waals surface area contributed by atoms with Crippen LogP contribution in [0.3, 0.4) is 0 Å². The molecule has 2 heterocycles. The molecule has 1 unspecified atom stereocenters. The summed E-state index contributed by atoms with van der Waals surface area (Å²) in [4.78, 5) is 33.3. The summed E-state index contributed by atoms with van der Waals surface area (Å²) in [6.45, 7) is 8.17. The number of nitrogens with zero attached hydrogens (tertiary/aromatic N) is 2. The van der Waals surface area contributed by atoms with Gasteiger partial charge in [-0.2, -0.15) is 0 Å². The van der Waals surface area contributed by atoms with Crippen LogP contribution in [0.25, 0.3) is 21.7 Å². The van der Waals surface area contributed by atoms with E-state index >= 15 is 0 Å². The molecule has 1 aromatic heterocycles. The third-order valence-corrected chi connectivity index (χ3v) is 6.81. The molecule has 5 heteroatoms. The summed E-state index contributed by atoms with van der Waals surface area (Å²) in [6, 6.07) is 17.7. The number of nitrogens with one attached hydrogen (secondary N) is 1. The predicted molar refractivity (Wildman–Crippen MR) is 133 cm³/mol. The van der Waals surface area contributed by atoms with Gasteiger partial charge in [0.25, 0.3) is 5.91 Å². The van der Waals surface area contributed by atoms with E-state index in [1.165, 1.54) is 5.56 Å². The van der Waals surface area contributed by atoms with Crippen molar-refractivity contribution in [2.45, 2.75) is 33.1 Å². The topological polar surface area (TPSA) is 62.3 Å². The Morgan fingerprint density at radius 2 is 1.73 bits per heavy atom. The van der Waals surface area contributed by atoms with Crippen molar-refractivity contribution in [1.82, 2.24) is 10.3 Å². The quantitative estimate of drug-likeness (QED) is 0.460. The van der Waals surface area contributed by atoms with Gasteiger partial charge >= 0.3 is 0 Å². The van der Waals surface area contributed by atoms with Crippen molar-refractivity contribution in [3.05, 3.63) is 82.5 Å². The summed E-state index contributed by atoms with van der Waals surface area (Å²) in [7, 11) is 1.80. The average molecular weight is 438 g/mol. The lowest BCUT2D eigenvalue weighted by Crippen LogP contribution is -2.53. The smallest absolute Gasteiger partial charge is 0.251 e. The molecule has 1 N–H and O–H groups in total. The highest BCUT2D eigenvalue weighted by Gasteiger charge is 2.45. The monoisotopic (exact) mass is 437 g/mol. The second kappa shape index (κ2) is 7.41. The zero-order chi connectivity index (χ0) is 23.5. The van der Waals surface area contributed by atoms with Gasteiger partial charge in [-0.15, -0.1) is 0 Å². The minimum Gasteiger partial charge on any atom is -0.351 e. The van der Waals surface area contributed by atoms with E-state index in [1.54, 1.807) is 24.1 Å². The van der Waals surface area contributed by atoms with E-state index in [2.05, 4.69) is 37.4 Å². The Kier molecular flexibility index (Phi) is 4.74. The van der Waals surface area contributed by atoms with Crippen molar-refractivity contribution in [2.75, 3.05) is 18.5 Å². The molecule has 5 nitrogen and oxygen atoms in total. The van der Waals surface area contributed by atoms with Gasteiger partial charge in [0.1, 0.15) is 5.41 Å². The van der Waals surface area contributed by atoms with Crippen LogP contribution < -0.4 is 10.2 Å². The lowest BCUT2D eigenvalue weighted by molar-refractivity contribution is -0.123. The van der Waals surface area contributed by atoms with Gasteiger partial charge in [0.15, 0.2) is 0 Å². The van der Waals surface area contributed by atoms with Crippen LogP contribution in [-0.4, -0.2) is 30.4 Å². The molecule has 0 spiro atoms. The Balaban J connectivity index is 1.68. The third kappa shape index (κ3) is 3.18. The molecule has 4 aromatic rings. The van der Waals surface area contributed by atoms with Crippen molar-refractivity contribution < 1.29 is 9.59 Å². The second-order valence-electron chi connectivity index (χ2n) is 9.38. The first-order valence-electron chi connectivity index (χ1n) is 11.2. The summed E-state index contributed by atoms with van der Waals surface area (Å²) >= 11 is 0. The van der Waals surface area contributed by atoms with Gasteiger partial charge in [-0.3, -0.25) is 14.6 Å². The van der Waals surface area contributed by atoms with E-state index in [0.29, 0.717) is 5.56 Å². The van der Waals surface area contributed by atoms with E-state index in [1.807, 2.05) is 38.1 Å². The van der Waals surface area contributed by atoms with E-state index < -0.39 is 5.41 Å². The molecular formula is C28H27N3O2. The third-order valence-electron chi connectivity index (χ3n) is 6.81. The van der Waals surface area contributed by atoms with Crippen molar-refractivity contribution >= 4 is 39.2 Å². The number of benzene rings is 3. The van der Waals surface area contributed by atoms with Gasteiger partial charge in [-0.1, -0.05) is 41.5 Å². The molecule has 33 heavy (non-hydrogen) atoms. The minimum atomic E-state index is -0.993. The number of hydrogen-bond donors (Lipinski definition) is 1. The van der Waals surface area contributed by atoms with Crippen LogP contribution in [0.4, 0.5) is 5.69 Å². The number of pyridine rings is 1. The zero-order valence-corrected chi connectivity index (χ0v) is 19.6. The molecule has 5 rings (SSSR count). The van der Waals surface area contributed by atoms with Gasteiger partial charge in [0.05, 0.1) is 16.9 Å². The number of anilines is 1. The molecule has 2 amide bonds. The summed E-state index contributed by atoms with van der Waals surface area (Å²) in [5.41, 5.74) is 5.39. The molecular weight excluding hydrogens is 410 g/mol. The fraction of sp³-hybridized carbons (Fsp3) is 0.250. The van der Waals surface area contributed by atoms with Gasteiger partial charge in [0, 0.05) is 29.9 Å². The Morgan fingerprint density at radius 1 is 1.00 bits per heavy atom. The van der Waals surface area contributed by atoms with Crippen molar-refractivity contribution in [2.24, 2.45) is 0 Å². The number of carbonyl (C=O) groups is 2. The summed E-state index contributed by atoms with van der Waals surface area (Å²) in [6.07, 6.45) is 0. The van der Waals surface area contributed by atoms with Gasteiger partial charge in [-0.25, -0.2) is 0 Å². The van der Waals surface area contributed by atoms with Crippen LogP contribution in [0.1, 0.15) is 39.7 Å². The van der Waals surface area contributed by atoms with Crippen molar-refractivity contribution in [3.63, 3.8) is 0 Å². The van der Waals surface area contributed by atoms with Gasteiger partial charge < -0.3 is 10.2 Å². The molecule has 0 aliphatic carbocycles. The minimum absolute atomic E-state index is 0.0803. The van der Waals surface area contributed by atoms with E-state index in [9.17, 15) is 9.59 Å². The lowest BCUT2D eigenvalue weighted by Gasteiger charge is -2.38. The fourth-order valence-corrected chi connectivity index (χ4v) is 4.98. The number of aryl methyl sites for hydroxylation is 3. The summed E-state index contributed by atoms with van der Waals surface area (Å²) in [5, 5.41) is 6.14. The van der Waals surface area contributed by atoms with Crippen molar-refractivity contribution in [1.29, 1.82) is 0 Å². The molecule has 0 saturated heterocycles. The Bertz CT molecular complexity index is 1460. The maximum atomic E-state index is 13.7. The normalized spacial score (nSPS) is 17.6. The molecule has 0 fully saturated rings. The molecule has 0 radical (unpaired) electrons. The second-order valence-corrected chi connectivity index (χ2v) is 9.38. The van der Waals surface area contributed by atoms with Crippen LogP contribution in [0, 0.1) is 20.8 Å². The van der Waals surface area contributed by atoms with Crippen LogP contribution in [0.2, 0.25) is 0 Å². The zero-order valence-electron chi connectivity index (χ0n) is 19.6. The van der Waals surface area contributed by atoms with Crippen molar-refractivity contribution in [3.8, 4) is 0 Å².